The highest BCUT2D eigenvalue weighted by Crippen LogP contribution is 2.35. The van der Waals surface area contributed by atoms with Crippen molar-refractivity contribution >= 4 is 40.9 Å². The average molecular weight is 525 g/mol. The van der Waals surface area contributed by atoms with Crippen LogP contribution in [0.3, 0.4) is 0 Å². The van der Waals surface area contributed by atoms with Gasteiger partial charge in [0.15, 0.2) is 5.75 Å². The molecule has 0 saturated carbocycles. The van der Waals surface area contributed by atoms with Gasteiger partial charge in [-0.1, -0.05) is 53.5 Å². The van der Waals surface area contributed by atoms with Crippen LogP contribution in [0.4, 0.5) is 5.69 Å². The molecule has 0 fully saturated rings. The Hall–Kier alpha value is -3.50. The molecule has 0 aromatic heterocycles. The number of amides is 1. The summed E-state index contributed by atoms with van der Waals surface area (Å²) in [6.45, 7) is 5.29. The number of nitrogens with one attached hydrogen (secondary N) is 1. The third kappa shape index (κ3) is 8.03. The number of carbonyl (C=O) groups excluding carboxylic acids is 1. The molecule has 3 aromatic rings. The molecule has 0 unspecified atom stereocenters. The molecule has 0 aliphatic carbocycles. The Labute approximate surface area is 221 Å². The fraction of sp³-hybridized carbons (Fsp3) is 0.214. The number of benzene rings is 3. The third-order valence-electron chi connectivity index (χ3n) is 5.03. The summed E-state index contributed by atoms with van der Waals surface area (Å²) in [5.74, 6) is 0.606. The van der Waals surface area contributed by atoms with Crippen molar-refractivity contribution in [3.05, 3.63) is 93.0 Å². The number of nitriles is 1. The van der Waals surface area contributed by atoms with Gasteiger partial charge in [0.1, 0.15) is 30.6 Å². The number of anilines is 1. The van der Waals surface area contributed by atoms with Crippen LogP contribution in [0.25, 0.3) is 6.08 Å². The summed E-state index contributed by atoms with van der Waals surface area (Å²) in [6, 6.07) is 20.2. The summed E-state index contributed by atoms with van der Waals surface area (Å²) in [5.41, 5.74) is 3.07. The van der Waals surface area contributed by atoms with Crippen molar-refractivity contribution in [2.24, 2.45) is 0 Å². The number of rotatable bonds is 11. The number of halogens is 2. The van der Waals surface area contributed by atoms with E-state index in [1.54, 1.807) is 18.2 Å². The van der Waals surface area contributed by atoms with Crippen LogP contribution in [0, 0.1) is 25.2 Å². The number of aryl methyl sites for hydroxylation is 2. The first-order valence-electron chi connectivity index (χ1n) is 11.2. The number of nitrogens with zero attached hydrogens (tertiary/aromatic N) is 1. The molecular weight excluding hydrogens is 499 g/mol. The summed E-state index contributed by atoms with van der Waals surface area (Å²) in [5, 5.41) is 12.7. The zero-order valence-corrected chi connectivity index (χ0v) is 21.5. The van der Waals surface area contributed by atoms with Crippen LogP contribution >= 0.6 is 23.2 Å². The smallest absolute Gasteiger partial charge is 0.266 e. The molecule has 3 rings (SSSR count). The van der Waals surface area contributed by atoms with Crippen molar-refractivity contribution in [3.63, 3.8) is 0 Å². The van der Waals surface area contributed by atoms with Gasteiger partial charge in [-0.2, -0.15) is 5.26 Å². The van der Waals surface area contributed by atoms with E-state index in [1.165, 1.54) is 6.08 Å². The van der Waals surface area contributed by atoms with E-state index in [0.29, 0.717) is 36.8 Å². The Morgan fingerprint density at radius 1 is 0.944 bits per heavy atom. The normalized spacial score (nSPS) is 11.0. The van der Waals surface area contributed by atoms with Crippen LogP contribution < -0.4 is 14.8 Å². The first-order valence-corrected chi connectivity index (χ1v) is 12.0. The monoisotopic (exact) mass is 524 g/mol. The lowest BCUT2D eigenvalue weighted by atomic mass is 10.1. The van der Waals surface area contributed by atoms with Gasteiger partial charge < -0.3 is 19.5 Å². The maximum atomic E-state index is 12.5. The second kappa shape index (κ2) is 13.6. The van der Waals surface area contributed by atoms with E-state index in [2.05, 4.69) is 5.32 Å². The number of para-hydroxylation sites is 1. The lowest BCUT2D eigenvalue weighted by Gasteiger charge is -2.12. The molecule has 3 aromatic carbocycles. The van der Waals surface area contributed by atoms with Gasteiger partial charge in [0.05, 0.1) is 23.3 Å². The minimum atomic E-state index is -0.528. The van der Waals surface area contributed by atoms with Crippen molar-refractivity contribution in [2.75, 3.05) is 31.7 Å². The second-order valence-corrected chi connectivity index (χ2v) is 8.70. The second-order valence-electron chi connectivity index (χ2n) is 7.88. The summed E-state index contributed by atoms with van der Waals surface area (Å²) in [6.07, 6.45) is 1.42. The maximum absolute atomic E-state index is 12.5. The van der Waals surface area contributed by atoms with Gasteiger partial charge in [-0.25, -0.2) is 0 Å². The topological polar surface area (TPSA) is 80.6 Å². The van der Waals surface area contributed by atoms with Crippen molar-refractivity contribution in [1.29, 1.82) is 5.26 Å². The van der Waals surface area contributed by atoms with Gasteiger partial charge in [-0.15, -0.1) is 0 Å². The summed E-state index contributed by atoms with van der Waals surface area (Å²) >= 11 is 12.7. The summed E-state index contributed by atoms with van der Waals surface area (Å²) < 4.78 is 16.9. The summed E-state index contributed by atoms with van der Waals surface area (Å²) in [7, 11) is 0. The first-order chi connectivity index (χ1) is 17.4. The third-order valence-corrected chi connectivity index (χ3v) is 5.59. The Balaban J connectivity index is 1.51. The molecule has 8 heteroatoms. The highest BCUT2D eigenvalue weighted by Gasteiger charge is 2.13. The molecule has 0 heterocycles. The minimum Gasteiger partial charge on any atom is -0.491 e. The van der Waals surface area contributed by atoms with Crippen LogP contribution in [0.15, 0.2) is 66.2 Å². The Bertz CT molecular complexity index is 1260. The Morgan fingerprint density at radius 2 is 1.64 bits per heavy atom. The van der Waals surface area contributed by atoms with E-state index in [4.69, 9.17) is 37.4 Å². The fourth-order valence-electron chi connectivity index (χ4n) is 3.27. The highest BCUT2D eigenvalue weighted by atomic mass is 35.5. The van der Waals surface area contributed by atoms with E-state index >= 15 is 0 Å². The number of ether oxygens (including phenoxy) is 3. The molecule has 0 radical (unpaired) electrons. The van der Waals surface area contributed by atoms with Gasteiger partial charge in [-0.3, -0.25) is 4.79 Å². The lowest BCUT2D eigenvalue weighted by molar-refractivity contribution is -0.112. The number of hydrogen-bond donors (Lipinski definition) is 1. The predicted octanol–water partition coefficient (Wildman–Crippen LogP) is 6.63. The van der Waals surface area contributed by atoms with Gasteiger partial charge in [0.2, 0.25) is 0 Å². The first kappa shape index (κ1) is 27.1. The molecular formula is C28H26Cl2N2O4. The quantitative estimate of drug-likeness (QED) is 0.173. The number of carbonyl (C=O) groups is 1. The van der Waals surface area contributed by atoms with Crippen molar-refractivity contribution in [2.45, 2.75) is 13.8 Å². The van der Waals surface area contributed by atoms with Crippen LogP contribution in [0.5, 0.6) is 11.5 Å². The summed E-state index contributed by atoms with van der Waals surface area (Å²) in [4.78, 5) is 12.5. The van der Waals surface area contributed by atoms with E-state index < -0.39 is 5.91 Å². The van der Waals surface area contributed by atoms with Crippen molar-refractivity contribution < 1.29 is 19.0 Å². The van der Waals surface area contributed by atoms with Gasteiger partial charge in [0, 0.05) is 5.69 Å². The minimum absolute atomic E-state index is 0.0846. The molecule has 186 valence electrons. The SMILES string of the molecule is Cc1cccc(NC(=O)/C(C#N)=C/c2cc(Cl)c(OCCOCCOc3ccccc3C)c(Cl)c2)c1. The molecule has 36 heavy (non-hydrogen) atoms. The van der Waals surface area contributed by atoms with Gasteiger partial charge in [0.25, 0.3) is 5.91 Å². The Kier molecular flexibility index (Phi) is 10.2. The van der Waals surface area contributed by atoms with Gasteiger partial charge in [-0.05, 0) is 66.9 Å². The molecule has 6 nitrogen and oxygen atoms in total. The molecule has 0 aliphatic heterocycles. The van der Waals surface area contributed by atoms with E-state index in [-0.39, 0.29) is 22.2 Å². The lowest BCUT2D eigenvalue weighted by Crippen LogP contribution is -2.13. The Morgan fingerprint density at radius 3 is 2.31 bits per heavy atom. The standard InChI is InChI=1S/C28H26Cl2N2O4/c1-19-6-5-8-23(14-19)32-28(33)22(18-31)15-21-16-24(29)27(25(30)17-21)36-13-11-34-10-12-35-26-9-4-3-7-20(26)2/h3-9,14-17H,10-13H2,1-2H3,(H,32,33)/b22-15+. The molecule has 0 spiro atoms. The fourth-order valence-corrected chi connectivity index (χ4v) is 3.88. The van der Waals surface area contributed by atoms with E-state index in [9.17, 15) is 10.1 Å². The zero-order valence-electron chi connectivity index (χ0n) is 20.0. The van der Waals surface area contributed by atoms with Gasteiger partial charge >= 0.3 is 0 Å². The van der Waals surface area contributed by atoms with Crippen molar-refractivity contribution in [3.8, 4) is 17.6 Å². The molecule has 0 bridgehead atoms. The van der Waals surface area contributed by atoms with E-state index in [0.717, 1.165) is 16.9 Å². The molecule has 1 N–H and O–H groups in total. The van der Waals surface area contributed by atoms with Crippen LogP contribution in [0.1, 0.15) is 16.7 Å². The van der Waals surface area contributed by atoms with Crippen LogP contribution in [-0.2, 0) is 9.53 Å². The van der Waals surface area contributed by atoms with Crippen LogP contribution in [-0.4, -0.2) is 32.3 Å². The van der Waals surface area contributed by atoms with Crippen LogP contribution in [0.2, 0.25) is 10.0 Å². The predicted molar refractivity (Wildman–Crippen MR) is 143 cm³/mol. The molecule has 0 saturated heterocycles. The largest absolute Gasteiger partial charge is 0.491 e. The highest BCUT2D eigenvalue weighted by molar-refractivity contribution is 6.37. The molecule has 0 atom stereocenters. The maximum Gasteiger partial charge on any atom is 0.266 e. The molecule has 0 aliphatic rings. The number of hydrogen-bond acceptors (Lipinski definition) is 5. The zero-order chi connectivity index (χ0) is 25.9. The average Bonchev–Trinajstić information content (AvgIpc) is 2.84. The van der Waals surface area contributed by atoms with E-state index in [1.807, 2.05) is 62.4 Å². The van der Waals surface area contributed by atoms with Crippen molar-refractivity contribution in [1.82, 2.24) is 0 Å². The molecule has 1 amide bonds.